The van der Waals surface area contributed by atoms with E-state index >= 15 is 0 Å². The van der Waals surface area contributed by atoms with Crippen molar-refractivity contribution in [3.05, 3.63) is 53.0 Å². The maximum Gasteiger partial charge on any atom is 0.213 e. The fourth-order valence-electron chi connectivity index (χ4n) is 1.62. The second-order valence-electron chi connectivity index (χ2n) is 4.00. The summed E-state index contributed by atoms with van der Waals surface area (Å²) in [5, 5.41) is 2.18. The van der Waals surface area contributed by atoms with Gasteiger partial charge in [0.15, 0.2) is 23.3 Å². The normalized spacial score (nSPS) is 10.6. The highest BCUT2D eigenvalue weighted by Crippen LogP contribution is 2.27. The summed E-state index contributed by atoms with van der Waals surface area (Å²) in [4.78, 5) is 3.82. The summed E-state index contributed by atoms with van der Waals surface area (Å²) < 4.78 is 70.6. The van der Waals surface area contributed by atoms with Gasteiger partial charge in [0.1, 0.15) is 5.69 Å². The molecule has 8 heteroatoms. The van der Waals surface area contributed by atoms with E-state index in [1.807, 2.05) is 0 Å². The number of halogens is 5. The molecule has 0 atom stereocenters. The highest BCUT2D eigenvalue weighted by atomic mass is 19.2. The first-order valence-corrected chi connectivity index (χ1v) is 5.70. The van der Waals surface area contributed by atoms with Crippen molar-refractivity contribution >= 4 is 5.69 Å². The van der Waals surface area contributed by atoms with Crippen LogP contribution in [0.3, 0.4) is 0 Å². The number of hydrogen-bond acceptors (Lipinski definition) is 3. The molecule has 2 aromatic rings. The van der Waals surface area contributed by atoms with Gasteiger partial charge < -0.3 is 10.1 Å². The van der Waals surface area contributed by atoms with E-state index in [9.17, 15) is 22.0 Å². The van der Waals surface area contributed by atoms with Crippen molar-refractivity contribution in [2.75, 3.05) is 12.4 Å². The lowest BCUT2D eigenvalue weighted by molar-refractivity contribution is 0.381. The SMILES string of the molecule is COc1cc(CNc2c(F)c(F)c(F)c(F)c2F)ccn1. The topological polar surface area (TPSA) is 34.1 Å². The third-order valence-electron chi connectivity index (χ3n) is 2.69. The molecule has 0 bridgehead atoms. The van der Waals surface area contributed by atoms with Crippen LogP contribution in [0.4, 0.5) is 27.6 Å². The Morgan fingerprint density at radius 3 is 2.14 bits per heavy atom. The Balaban J connectivity index is 2.28. The van der Waals surface area contributed by atoms with Gasteiger partial charge in [-0.05, 0) is 11.6 Å². The summed E-state index contributed by atoms with van der Waals surface area (Å²) in [6, 6.07) is 2.96. The van der Waals surface area contributed by atoms with Crippen LogP contribution in [0.15, 0.2) is 18.3 Å². The first-order chi connectivity index (χ1) is 9.95. The fourth-order valence-corrected chi connectivity index (χ4v) is 1.62. The number of nitrogens with zero attached hydrogens (tertiary/aromatic N) is 1. The minimum Gasteiger partial charge on any atom is -0.481 e. The van der Waals surface area contributed by atoms with Crippen molar-refractivity contribution in [1.29, 1.82) is 0 Å². The largest absolute Gasteiger partial charge is 0.481 e. The maximum absolute atomic E-state index is 13.4. The number of methoxy groups -OCH3 is 1. The van der Waals surface area contributed by atoms with Crippen LogP contribution in [-0.2, 0) is 6.54 Å². The molecule has 0 fully saturated rings. The van der Waals surface area contributed by atoms with E-state index in [-0.39, 0.29) is 12.4 Å². The van der Waals surface area contributed by atoms with Gasteiger partial charge in [0.2, 0.25) is 11.7 Å². The number of anilines is 1. The molecule has 0 amide bonds. The van der Waals surface area contributed by atoms with E-state index in [1.54, 1.807) is 0 Å². The van der Waals surface area contributed by atoms with Gasteiger partial charge in [0, 0.05) is 18.8 Å². The Morgan fingerprint density at radius 2 is 1.57 bits per heavy atom. The standard InChI is InChI=1S/C13H9F5N2O/c1-21-7-4-6(2-3-19-7)5-20-13-11(17)9(15)8(14)10(16)12(13)18/h2-4,20H,5H2,1H3. The molecule has 1 heterocycles. The van der Waals surface area contributed by atoms with Crippen molar-refractivity contribution in [3.8, 4) is 5.88 Å². The van der Waals surface area contributed by atoms with E-state index < -0.39 is 34.8 Å². The minimum atomic E-state index is -2.19. The quantitative estimate of drug-likeness (QED) is 0.534. The van der Waals surface area contributed by atoms with Crippen LogP contribution in [0, 0.1) is 29.1 Å². The Kier molecular flexibility index (Phi) is 4.25. The summed E-state index contributed by atoms with van der Waals surface area (Å²) in [5.74, 6) is -9.75. The van der Waals surface area contributed by atoms with E-state index in [0.717, 1.165) is 0 Å². The van der Waals surface area contributed by atoms with E-state index in [2.05, 4.69) is 10.3 Å². The molecule has 0 aliphatic carbocycles. The van der Waals surface area contributed by atoms with Crippen LogP contribution in [0.2, 0.25) is 0 Å². The number of ether oxygens (including phenoxy) is 1. The fraction of sp³-hybridized carbons (Fsp3) is 0.154. The molecule has 0 aliphatic heterocycles. The van der Waals surface area contributed by atoms with Gasteiger partial charge in [-0.25, -0.2) is 26.9 Å². The van der Waals surface area contributed by atoms with Crippen LogP contribution in [0.5, 0.6) is 5.88 Å². The molecule has 21 heavy (non-hydrogen) atoms. The summed E-state index contributed by atoms with van der Waals surface area (Å²) in [7, 11) is 1.38. The van der Waals surface area contributed by atoms with Crippen molar-refractivity contribution in [2.45, 2.75) is 6.54 Å². The summed E-state index contributed by atoms with van der Waals surface area (Å²) in [6.45, 7) is -0.169. The summed E-state index contributed by atoms with van der Waals surface area (Å²) in [6.07, 6.45) is 1.38. The van der Waals surface area contributed by atoms with E-state index in [4.69, 9.17) is 4.74 Å². The average Bonchev–Trinajstić information content (AvgIpc) is 2.51. The van der Waals surface area contributed by atoms with Crippen LogP contribution < -0.4 is 10.1 Å². The van der Waals surface area contributed by atoms with Gasteiger partial charge in [0.05, 0.1) is 7.11 Å². The molecular formula is C13H9F5N2O. The average molecular weight is 304 g/mol. The van der Waals surface area contributed by atoms with Gasteiger partial charge in [-0.1, -0.05) is 0 Å². The van der Waals surface area contributed by atoms with Gasteiger partial charge in [-0.15, -0.1) is 0 Å². The first-order valence-electron chi connectivity index (χ1n) is 5.70. The number of aromatic nitrogens is 1. The van der Waals surface area contributed by atoms with Gasteiger partial charge in [-0.2, -0.15) is 0 Å². The number of hydrogen-bond donors (Lipinski definition) is 1. The third-order valence-corrected chi connectivity index (χ3v) is 2.69. The molecule has 0 unspecified atom stereocenters. The Hall–Kier alpha value is -2.38. The smallest absolute Gasteiger partial charge is 0.213 e. The molecule has 2 rings (SSSR count). The zero-order valence-corrected chi connectivity index (χ0v) is 10.7. The van der Waals surface area contributed by atoms with Crippen molar-refractivity contribution in [2.24, 2.45) is 0 Å². The lowest BCUT2D eigenvalue weighted by Gasteiger charge is -2.11. The van der Waals surface area contributed by atoms with Crippen LogP contribution in [0.1, 0.15) is 5.56 Å². The monoisotopic (exact) mass is 304 g/mol. The van der Waals surface area contributed by atoms with Gasteiger partial charge in [-0.3, -0.25) is 0 Å². The maximum atomic E-state index is 13.4. The molecule has 0 saturated heterocycles. The summed E-state index contributed by atoms with van der Waals surface area (Å²) >= 11 is 0. The predicted octanol–water partition coefficient (Wildman–Crippen LogP) is 3.40. The number of nitrogens with one attached hydrogen (secondary N) is 1. The third kappa shape index (κ3) is 2.88. The van der Waals surface area contributed by atoms with Gasteiger partial charge in [0.25, 0.3) is 0 Å². The van der Waals surface area contributed by atoms with E-state index in [0.29, 0.717) is 5.56 Å². The molecule has 0 saturated carbocycles. The Bertz CT molecular complexity index is 649. The molecule has 1 N–H and O–H groups in total. The van der Waals surface area contributed by atoms with Crippen molar-refractivity contribution < 1.29 is 26.7 Å². The minimum absolute atomic E-state index is 0.169. The first kappa shape index (κ1) is 15.0. The highest BCUT2D eigenvalue weighted by molar-refractivity contribution is 5.48. The lowest BCUT2D eigenvalue weighted by Crippen LogP contribution is -2.10. The lowest BCUT2D eigenvalue weighted by atomic mass is 10.2. The zero-order valence-electron chi connectivity index (χ0n) is 10.7. The molecule has 0 radical (unpaired) electrons. The molecule has 0 spiro atoms. The number of rotatable bonds is 4. The summed E-state index contributed by atoms with van der Waals surface area (Å²) in [5.41, 5.74) is -0.590. The molecule has 3 nitrogen and oxygen atoms in total. The second-order valence-corrected chi connectivity index (χ2v) is 4.00. The molecule has 1 aromatic heterocycles. The number of pyridine rings is 1. The van der Waals surface area contributed by atoms with E-state index in [1.165, 1.54) is 25.4 Å². The molecule has 1 aromatic carbocycles. The van der Waals surface area contributed by atoms with Gasteiger partial charge >= 0.3 is 0 Å². The molecular weight excluding hydrogens is 295 g/mol. The Labute approximate surface area is 116 Å². The second kappa shape index (κ2) is 5.94. The molecule has 112 valence electrons. The highest BCUT2D eigenvalue weighted by Gasteiger charge is 2.25. The number of benzene rings is 1. The molecule has 0 aliphatic rings. The van der Waals surface area contributed by atoms with Crippen LogP contribution in [-0.4, -0.2) is 12.1 Å². The van der Waals surface area contributed by atoms with Crippen LogP contribution in [0.25, 0.3) is 0 Å². The zero-order chi connectivity index (χ0) is 15.6. The van der Waals surface area contributed by atoms with Crippen LogP contribution >= 0.6 is 0 Å². The predicted molar refractivity (Wildman–Crippen MR) is 64.3 cm³/mol. The van der Waals surface area contributed by atoms with Crippen molar-refractivity contribution in [3.63, 3.8) is 0 Å². The van der Waals surface area contributed by atoms with Crippen molar-refractivity contribution in [1.82, 2.24) is 4.98 Å². The Morgan fingerprint density at radius 1 is 1.00 bits per heavy atom.